The van der Waals surface area contributed by atoms with E-state index in [2.05, 4.69) is 19.2 Å². The Morgan fingerprint density at radius 1 is 1.24 bits per heavy atom. The molecule has 4 heteroatoms. The molecule has 0 spiro atoms. The first-order chi connectivity index (χ1) is 10.2. The van der Waals surface area contributed by atoms with E-state index >= 15 is 0 Å². The molecular weight excluding hydrogens is 266 g/mol. The number of ether oxygens (including phenoxy) is 2. The minimum absolute atomic E-state index is 0.0842. The third-order valence-electron chi connectivity index (χ3n) is 3.78. The van der Waals surface area contributed by atoms with Gasteiger partial charge in [-0.2, -0.15) is 0 Å². The largest absolute Gasteiger partial charge is 0.490 e. The number of unbranched alkanes of at least 4 members (excludes halogenated alkanes) is 1. The van der Waals surface area contributed by atoms with Crippen LogP contribution in [0.3, 0.4) is 0 Å². The summed E-state index contributed by atoms with van der Waals surface area (Å²) in [5, 5.41) is 3.00. The van der Waals surface area contributed by atoms with Crippen LogP contribution in [0.5, 0.6) is 11.5 Å². The van der Waals surface area contributed by atoms with Gasteiger partial charge in [0.2, 0.25) is 5.91 Å². The summed E-state index contributed by atoms with van der Waals surface area (Å²) in [6.45, 7) is 5.54. The van der Waals surface area contributed by atoms with Crippen LogP contribution in [0.25, 0.3) is 0 Å². The molecule has 1 aromatic carbocycles. The lowest BCUT2D eigenvalue weighted by atomic mass is 9.98. The second-order valence-electron chi connectivity index (χ2n) is 5.45. The fourth-order valence-corrected chi connectivity index (χ4v) is 2.46. The molecule has 0 fully saturated rings. The Balaban J connectivity index is 2.01. The minimum atomic E-state index is 0.0842. The molecule has 0 saturated heterocycles. The topological polar surface area (TPSA) is 47.6 Å². The fraction of sp³-hybridized carbons (Fsp3) is 0.588. The highest BCUT2D eigenvalue weighted by Gasteiger charge is 2.17. The van der Waals surface area contributed by atoms with Crippen molar-refractivity contribution in [1.29, 1.82) is 0 Å². The van der Waals surface area contributed by atoms with Crippen LogP contribution < -0.4 is 14.8 Å². The van der Waals surface area contributed by atoms with Gasteiger partial charge in [0.15, 0.2) is 11.5 Å². The van der Waals surface area contributed by atoms with Gasteiger partial charge >= 0.3 is 0 Å². The second kappa shape index (κ2) is 7.91. The summed E-state index contributed by atoms with van der Waals surface area (Å²) >= 11 is 0. The van der Waals surface area contributed by atoms with Crippen LogP contribution >= 0.6 is 0 Å². The molecule has 0 radical (unpaired) electrons. The van der Waals surface area contributed by atoms with Gasteiger partial charge in [-0.3, -0.25) is 4.79 Å². The van der Waals surface area contributed by atoms with Gasteiger partial charge in [-0.15, -0.1) is 0 Å². The molecule has 1 amide bonds. The van der Waals surface area contributed by atoms with E-state index in [1.807, 2.05) is 18.2 Å². The number of anilines is 1. The van der Waals surface area contributed by atoms with E-state index < -0.39 is 0 Å². The Morgan fingerprint density at radius 3 is 2.71 bits per heavy atom. The molecule has 1 N–H and O–H groups in total. The molecule has 21 heavy (non-hydrogen) atoms. The van der Waals surface area contributed by atoms with Gasteiger partial charge in [0.05, 0.1) is 13.2 Å². The van der Waals surface area contributed by atoms with Crippen molar-refractivity contribution in [3.05, 3.63) is 18.2 Å². The number of hydrogen-bond acceptors (Lipinski definition) is 3. The quantitative estimate of drug-likeness (QED) is 0.861. The van der Waals surface area contributed by atoms with Crippen LogP contribution in [-0.4, -0.2) is 19.1 Å². The van der Waals surface area contributed by atoms with E-state index in [4.69, 9.17) is 9.47 Å². The number of rotatable bonds is 6. The summed E-state index contributed by atoms with van der Waals surface area (Å²) in [5.74, 6) is 1.65. The van der Waals surface area contributed by atoms with E-state index in [0.29, 0.717) is 19.0 Å². The van der Waals surface area contributed by atoms with Gasteiger partial charge in [-0.1, -0.05) is 26.7 Å². The predicted molar refractivity (Wildman–Crippen MR) is 84.0 cm³/mol. The summed E-state index contributed by atoms with van der Waals surface area (Å²) in [4.78, 5) is 12.3. The Morgan fingerprint density at radius 2 is 2.00 bits per heavy atom. The van der Waals surface area contributed by atoms with Gasteiger partial charge in [-0.25, -0.2) is 0 Å². The molecule has 116 valence electrons. The first kappa shape index (κ1) is 15.7. The van der Waals surface area contributed by atoms with E-state index in [0.717, 1.165) is 43.5 Å². The highest BCUT2D eigenvalue weighted by Crippen LogP contribution is 2.32. The monoisotopic (exact) mass is 291 g/mol. The molecule has 0 saturated carbocycles. The van der Waals surface area contributed by atoms with Gasteiger partial charge in [0.25, 0.3) is 0 Å². The van der Waals surface area contributed by atoms with Gasteiger partial charge in [-0.05, 0) is 25.0 Å². The maximum Gasteiger partial charge on any atom is 0.227 e. The number of nitrogens with one attached hydrogen (secondary N) is 1. The molecule has 0 aromatic heterocycles. The van der Waals surface area contributed by atoms with Crippen LogP contribution in [0.2, 0.25) is 0 Å². The zero-order chi connectivity index (χ0) is 15.1. The summed E-state index contributed by atoms with van der Waals surface area (Å²) < 4.78 is 11.2. The summed E-state index contributed by atoms with van der Waals surface area (Å²) in [5.41, 5.74) is 0.777. The SMILES string of the molecule is CCCCC(CC)C(=O)Nc1ccc2c(c1)OCCCO2. The number of carbonyl (C=O) groups is 1. The molecule has 1 aromatic rings. The molecule has 4 nitrogen and oxygen atoms in total. The standard InChI is InChI=1S/C17H25NO3/c1-3-5-7-13(4-2)17(19)18-14-8-9-15-16(12-14)21-11-6-10-20-15/h8-9,12-13H,3-7,10-11H2,1-2H3,(H,18,19). The Kier molecular flexibility index (Phi) is 5.90. The average molecular weight is 291 g/mol. The Labute approximate surface area is 126 Å². The first-order valence-electron chi connectivity index (χ1n) is 7.95. The summed E-state index contributed by atoms with van der Waals surface area (Å²) in [6.07, 6.45) is 4.91. The van der Waals surface area contributed by atoms with E-state index in [1.165, 1.54) is 0 Å². The van der Waals surface area contributed by atoms with Crippen LogP contribution in [0.15, 0.2) is 18.2 Å². The lowest BCUT2D eigenvalue weighted by Gasteiger charge is -2.15. The third kappa shape index (κ3) is 4.38. The van der Waals surface area contributed by atoms with Gasteiger partial charge in [0.1, 0.15) is 0 Å². The number of amides is 1. The fourth-order valence-electron chi connectivity index (χ4n) is 2.46. The average Bonchev–Trinajstić information content (AvgIpc) is 2.73. The number of hydrogen-bond donors (Lipinski definition) is 1. The van der Waals surface area contributed by atoms with Crippen molar-refractivity contribution in [3.63, 3.8) is 0 Å². The molecular formula is C17H25NO3. The normalized spacial score (nSPS) is 15.1. The number of benzene rings is 1. The molecule has 0 aliphatic carbocycles. The smallest absolute Gasteiger partial charge is 0.227 e. The minimum Gasteiger partial charge on any atom is -0.490 e. The van der Waals surface area contributed by atoms with Crippen molar-refractivity contribution < 1.29 is 14.3 Å². The van der Waals surface area contributed by atoms with Crippen LogP contribution in [0.1, 0.15) is 46.0 Å². The van der Waals surface area contributed by atoms with Crippen molar-refractivity contribution in [2.75, 3.05) is 18.5 Å². The Bertz CT molecular complexity index is 473. The number of fused-ring (bicyclic) bond motifs is 1. The molecule has 1 atom stereocenters. The molecule has 1 heterocycles. The first-order valence-corrected chi connectivity index (χ1v) is 7.95. The highest BCUT2D eigenvalue weighted by atomic mass is 16.5. The molecule has 1 aliphatic rings. The third-order valence-corrected chi connectivity index (χ3v) is 3.78. The molecule has 0 bridgehead atoms. The van der Waals surface area contributed by atoms with E-state index in [1.54, 1.807) is 0 Å². The lowest BCUT2D eigenvalue weighted by molar-refractivity contribution is -0.120. The van der Waals surface area contributed by atoms with Crippen LogP contribution in [-0.2, 0) is 4.79 Å². The molecule has 1 aliphatic heterocycles. The van der Waals surface area contributed by atoms with E-state index in [9.17, 15) is 4.79 Å². The predicted octanol–water partition coefficient (Wildman–Crippen LogP) is 4.00. The molecule has 2 rings (SSSR count). The van der Waals surface area contributed by atoms with Crippen molar-refractivity contribution >= 4 is 11.6 Å². The summed E-state index contributed by atoms with van der Waals surface area (Å²) in [7, 11) is 0. The number of carbonyl (C=O) groups excluding carboxylic acids is 1. The van der Waals surface area contributed by atoms with Gasteiger partial charge < -0.3 is 14.8 Å². The Hall–Kier alpha value is -1.71. The van der Waals surface area contributed by atoms with Crippen LogP contribution in [0.4, 0.5) is 5.69 Å². The van der Waals surface area contributed by atoms with Crippen molar-refractivity contribution in [2.45, 2.75) is 46.0 Å². The van der Waals surface area contributed by atoms with Crippen molar-refractivity contribution in [2.24, 2.45) is 5.92 Å². The van der Waals surface area contributed by atoms with Crippen molar-refractivity contribution in [3.8, 4) is 11.5 Å². The maximum absolute atomic E-state index is 12.3. The zero-order valence-corrected chi connectivity index (χ0v) is 13.0. The molecule has 1 unspecified atom stereocenters. The van der Waals surface area contributed by atoms with Gasteiger partial charge in [0, 0.05) is 24.1 Å². The maximum atomic E-state index is 12.3. The van der Waals surface area contributed by atoms with Crippen LogP contribution in [0, 0.1) is 5.92 Å². The zero-order valence-electron chi connectivity index (χ0n) is 13.0. The van der Waals surface area contributed by atoms with E-state index in [-0.39, 0.29) is 11.8 Å². The van der Waals surface area contributed by atoms with Crippen molar-refractivity contribution in [1.82, 2.24) is 0 Å². The lowest BCUT2D eigenvalue weighted by Crippen LogP contribution is -2.22. The summed E-state index contributed by atoms with van der Waals surface area (Å²) in [6, 6.07) is 5.59. The highest BCUT2D eigenvalue weighted by molar-refractivity contribution is 5.92. The second-order valence-corrected chi connectivity index (χ2v) is 5.45.